The molecular weight excluding hydrogens is 210 g/mol. The highest BCUT2D eigenvalue weighted by Gasteiger charge is 2.25. The predicted octanol–water partition coefficient (Wildman–Crippen LogP) is 2.99. The molecule has 1 aromatic rings. The summed E-state index contributed by atoms with van der Waals surface area (Å²) in [5.41, 5.74) is 1.34. The van der Waals surface area contributed by atoms with E-state index in [1.165, 1.54) is 25.0 Å². The van der Waals surface area contributed by atoms with Crippen LogP contribution in [-0.4, -0.2) is 16.1 Å². The molecule has 3 nitrogen and oxygen atoms in total. The maximum Gasteiger partial charge on any atom is 0.0951 e. The van der Waals surface area contributed by atoms with Crippen LogP contribution in [0.15, 0.2) is 12.5 Å². The van der Waals surface area contributed by atoms with Gasteiger partial charge in [-0.05, 0) is 31.2 Å². The molecule has 0 saturated heterocycles. The van der Waals surface area contributed by atoms with Gasteiger partial charge in [-0.1, -0.05) is 27.2 Å². The van der Waals surface area contributed by atoms with Crippen molar-refractivity contribution < 1.29 is 0 Å². The number of nitrogens with one attached hydrogen (secondary N) is 1. The molecule has 17 heavy (non-hydrogen) atoms. The summed E-state index contributed by atoms with van der Waals surface area (Å²) in [5.74, 6) is 1.50. The second-order valence-corrected chi connectivity index (χ2v) is 5.79. The molecule has 96 valence electrons. The summed E-state index contributed by atoms with van der Waals surface area (Å²) < 4.78 is 2.39. The molecule has 1 aromatic heterocycles. The Labute approximate surface area is 105 Å². The molecule has 1 N–H and O–H groups in total. The van der Waals surface area contributed by atoms with E-state index < -0.39 is 0 Å². The second-order valence-electron chi connectivity index (χ2n) is 5.79. The smallest absolute Gasteiger partial charge is 0.0951 e. The Hall–Kier alpha value is -0.830. The molecule has 0 bridgehead atoms. The van der Waals surface area contributed by atoms with Crippen molar-refractivity contribution in [3.05, 3.63) is 18.2 Å². The van der Waals surface area contributed by atoms with Gasteiger partial charge in [0.25, 0.3) is 0 Å². The van der Waals surface area contributed by atoms with E-state index >= 15 is 0 Å². The van der Waals surface area contributed by atoms with Crippen LogP contribution < -0.4 is 5.32 Å². The molecule has 3 heteroatoms. The number of aromatic nitrogens is 2. The molecule has 2 atom stereocenters. The molecule has 0 spiro atoms. The van der Waals surface area contributed by atoms with Gasteiger partial charge >= 0.3 is 0 Å². The molecule has 1 fully saturated rings. The number of imidazole rings is 1. The highest BCUT2D eigenvalue weighted by atomic mass is 15.1. The first-order chi connectivity index (χ1) is 8.18. The predicted molar refractivity (Wildman–Crippen MR) is 70.8 cm³/mol. The maximum atomic E-state index is 4.32. The van der Waals surface area contributed by atoms with Crippen LogP contribution in [-0.2, 0) is 6.54 Å². The molecule has 2 rings (SSSR count). The summed E-state index contributed by atoms with van der Waals surface area (Å²) >= 11 is 0. The first kappa shape index (κ1) is 12.6. The van der Waals surface area contributed by atoms with E-state index in [-0.39, 0.29) is 0 Å². The Morgan fingerprint density at radius 3 is 2.94 bits per heavy atom. The minimum Gasteiger partial charge on any atom is -0.330 e. The third-order valence-corrected chi connectivity index (χ3v) is 3.78. The van der Waals surface area contributed by atoms with Crippen LogP contribution in [0, 0.1) is 11.8 Å². The van der Waals surface area contributed by atoms with E-state index in [4.69, 9.17) is 0 Å². The van der Waals surface area contributed by atoms with Crippen molar-refractivity contribution in [2.75, 3.05) is 6.54 Å². The zero-order chi connectivity index (χ0) is 12.3. The molecule has 0 radical (unpaired) electrons. The number of hydrogen-bond acceptors (Lipinski definition) is 2. The van der Waals surface area contributed by atoms with E-state index in [1.54, 1.807) is 0 Å². The van der Waals surface area contributed by atoms with Crippen molar-refractivity contribution in [3.8, 4) is 0 Å². The van der Waals surface area contributed by atoms with E-state index in [0.29, 0.717) is 12.0 Å². The average molecular weight is 235 g/mol. The fourth-order valence-electron chi connectivity index (χ4n) is 2.80. The molecule has 1 aliphatic rings. The number of nitrogens with zero attached hydrogens (tertiary/aromatic N) is 2. The van der Waals surface area contributed by atoms with Crippen molar-refractivity contribution in [3.63, 3.8) is 0 Å². The first-order valence-corrected chi connectivity index (χ1v) is 6.90. The van der Waals surface area contributed by atoms with Gasteiger partial charge in [0, 0.05) is 18.8 Å². The SMILES string of the molecule is CC(C)CNCc1cncn1C1CCCC1C. The minimum absolute atomic E-state index is 0.674. The van der Waals surface area contributed by atoms with E-state index in [2.05, 4.69) is 35.6 Å². The van der Waals surface area contributed by atoms with Gasteiger partial charge in [-0.15, -0.1) is 0 Å². The van der Waals surface area contributed by atoms with Gasteiger partial charge in [0.15, 0.2) is 0 Å². The quantitative estimate of drug-likeness (QED) is 0.850. The van der Waals surface area contributed by atoms with Gasteiger partial charge in [0.05, 0.1) is 12.0 Å². The summed E-state index contributed by atoms with van der Waals surface area (Å²) in [6.07, 6.45) is 8.07. The highest BCUT2D eigenvalue weighted by molar-refractivity contribution is 5.02. The second kappa shape index (κ2) is 5.67. The molecule has 0 amide bonds. The lowest BCUT2D eigenvalue weighted by molar-refractivity contribution is 0.392. The van der Waals surface area contributed by atoms with Crippen LogP contribution >= 0.6 is 0 Å². The maximum absolute atomic E-state index is 4.32. The van der Waals surface area contributed by atoms with Crippen LogP contribution in [0.4, 0.5) is 0 Å². The Bertz CT molecular complexity index is 343. The summed E-state index contributed by atoms with van der Waals surface area (Å²) in [5, 5.41) is 3.51. The van der Waals surface area contributed by atoms with Gasteiger partial charge in [-0.25, -0.2) is 4.98 Å². The Kier molecular flexibility index (Phi) is 4.21. The van der Waals surface area contributed by atoms with Crippen molar-refractivity contribution in [2.45, 2.75) is 52.6 Å². The van der Waals surface area contributed by atoms with Gasteiger partial charge in [-0.3, -0.25) is 0 Å². The lowest BCUT2D eigenvalue weighted by Gasteiger charge is -2.20. The summed E-state index contributed by atoms with van der Waals surface area (Å²) in [6.45, 7) is 8.86. The number of hydrogen-bond donors (Lipinski definition) is 1. The number of rotatable bonds is 5. The zero-order valence-corrected chi connectivity index (χ0v) is 11.3. The molecule has 1 saturated carbocycles. The van der Waals surface area contributed by atoms with Gasteiger partial charge in [0.1, 0.15) is 0 Å². The van der Waals surface area contributed by atoms with Gasteiger partial charge < -0.3 is 9.88 Å². The van der Waals surface area contributed by atoms with Crippen LogP contribution in [0.2, 0.25) is 0 Å². The van der Waals surface area contributed by atoms with Crippen molar-refractivity contribution in [1.29, 1.82) is 0 Å². The van der Waals surface area contributed by atoms with E-state index in [0.717, 1.165) is 19.0 Å². The first-order valence-electron chi connectivity index (χ1n) is 6.90. The Balaban J connectivity index is 1.96. The fourth-order valence-corrected chi connectivity index (χ4v) is 2.80. The molecule has 1 heterocycles. The van der Waals surface area contributed by atoms with Crippen LogP contribution in [0.3, 0.4) is 0 Å². The standard InChI is InChI=1S/C14H25N3/c1-11(2)7-15-8-13-9-16-10-17(13)14-6-4-5-12(14)3/h9-12,14-15H,4-8H2,1-3H3. The average Bonchev–Trinajstić information content (AvgIpc) is 2.86. The van der Waals surface area contributed by atoms with Crippen molar-refractivity contribution in [2.24, 2.45) is 11.8 Å². The Morgan fingerprint density at radius 2 is 2.29 bits per heavy atom. The Morgan fingerprint density at radius 1 is 1.47 bits per heavy atom. The third-order valence-electron chi connectivity index (χ3n) is 3.78. The summed E-state index contributed by atoms with van der Waals surface area (Å²) in [7, 11) is 0. The summed E-state index contributed by atoms with van der Waals surface area (Å²) in [4.78, 5) is 4.32. The third kappa shape index (κ3) is 3.09. The molecule has 0 aliphatic heterocycles. The lowest BCUT2D eigenvalue weighted by atomic mass is 10.1. The van der Waals surface area contributed by atoms with Crippen LogP contribution in [0.5, 0.6) is 0 Å². The highest BCUT2D eigenvalue weighted by Crippen LogP contribution is 2.35. The zero-order valence-electron chi connectivity index (χ0n) is 11.3. The van der Waals surface area contributed by atoms with Crippen molar-refractivity contribution >= 4 is 0 Å². The van der Waals surface area contributed by atoms with E-state index in [9.17, 15) is 0 Å². The summed E-state index contributed by atoms with van der Waals surface area (Å²) in [6, 6.07) is 0.674. The van der Waals surface area contributed by atoms with Gasteiger partial charge in [-0.2, -0.15) is 0 Å². The van der Waals surface area contributed by atoms with Crippen LogP contribution in [0.25, 0.3) is 0 Å². The molecule has 2 unspecified atom stereocenters. The largest absolute Gasteiger partial charge is 0.330 e. The molecule has 0 aromatic carbocycles. The minimum atomic E-state index is 0.674. The topological polar surface area (TPSA) is 29.9 Å². The monoisotopic (exact) mass is 235 g/mol. The van der Waals surface area contributed by atoms with Gasteiger partial charge in [0.2, 0.25) is 0 Å². The molecule has 1 aliphatic carbocycles. The normalized spacial score (nSPS) is 24.7. The lowest BCUT2D eigenvalue weighted by Crippen LogP contribution is -2.22. The fraction of sp³-hybridized carbons (Fsp3) is 0.786. The van der Waals surface area contributed by atoms with E-state index in [1.807, 2.05) is 12.5 Å². The van der Waals surface area contributed by atoms with Crippen molar-refractivity contribution in [1.82, 2.24) is 14.9 Å². The van der Waals surface area contributed by atoms with Crippen LogP contribution in [0.1, 0.15) is 51.8 Å². The molecular formula is C14H25N3.